The second-order valence-corrected chi connectivity index (χ2v) is 4.55. The van der Waals surface area contributed by atoms with Gasteiger partial charge in [0.25, 0.3) is 0 Å². The average Bonchev–Trinajstić information content (AvgIpc) is 2.16. The van der Waals surface area contributed by atoms with Crippen molar-refractivity contribution in [2.24, 2.45) is 0 Å². The van der Waals surface area contributed by atoms with Gasteiger partial charge in [-0.15, -0.1) is 0 Å². The van der Waals surface area contributed by atoms with E-state index >= 15 is 0 Å². The number of hydrogen-bond acceptors (Lipinski definition) is 4. The van der Waals surface area contributed by atoms with Gasteiger partial charge in [0.15, 0.2) is 6.23 Å². The molecule has 18 heavy (non-hydrogen) atoms. The number of phosphoric acid groups is 1. The average molecular weight is 283 g/mol. The number of ether oxygens (including phenoxy) is 1. The molecule has 7 nitrogen and oxygen atoms in total. The highest BCUT2D eigenvalue weighted by Gasteiger charge is 2.14. The van der Waals surface area contributed by atoms with Gasteiger partial charge in [-0.05, 0) is 26.9 Å². The summed E-state index contributed by atoms with van der Waals surface area (Å²) < 4.78 is 14.0. The first-order valence-electron chi connectivity index (χ1n) is 5.41. The molecule has 8 heteroatoms. The molecule has 3 N–H and O–H groups in total. The minimum absolute atomic E-state index is 0.167. The normalized spacial score (nSPS) is 12.4. The van der Waals surface area contributed by atoms with Crippen molar-refractivity contribution in [1.82, 2.24) is 4.90 Å². The van der Waals surface area contributed by atoms with E-state index in [1.165, 1.54) is 0 Å². The summed E-state index contributed by atoms with van der Waals surface area (Å²) in [7, 11) is -4.64. The van der Waals surface area contributed by atoms with E-state index in [9.17, 15) is 4.79 Å². The SMILES string of the molecule is C=C(C)C(=O)OC(C)N(CC)CC.O=P(O)(O)O. The lowest BCUT2D eigenvalue weighted by Gasteiger charge is -2.25. The molecule has 108 valence electrons. The Morgan fingerprint density at radius 2 is 1.67 bits per heavy atom. The Labute approximate surface area is 107 Å². The van der Waals surface area contributed by atoms with Crippen LogP contribution in [0.3, 0.4) is 0 Å². The van der Waals surface area contributed by atoms with Crippen molar-refractivity contribution >= 4 is 13.8 Å². The van der Waals surface area contributed by atoms with Gasteiger partial charge >= 0.3 is 13.8 Å². The molecule has 0 amide bonds. The Bertz CT molecular complexity index is 301. The summed E-state index contributed by atoms with van der Waals surface area (Å²) in [6.45, 7) is 12.9. The van der Waals surface area contributed by atoms with Crippen molar-refractivity contribution in [1.29, 1.82) is 0 Å². The highest BCUT2D eigenvalue weighted by molar-refractivity contribution is 7.45. The molecule has 0 aromatic carbocycles. The number of nitrogens with zero attached hydrogens (tertiary/aromatic N) is 1. The van der Waals surface area contributed by atoms with Gasteiger partial charge in [0, 0.05) is 5.57 Å². The largest absolute Gasteiger partial charge is 0.466 e. The zero-order valence-electron chi connectivity index (χ0n) is 11.2. The van der Waals surface area contributed by atoms with Crippen LogP contribution < -0.4 is 0 Å². The molecule has 0 fully saturated rings. The molecule has 0 saturated heterocycles. The van der Waals surface area contributed by atoms with Crippen LogP contribution in [0.2, 0.25) is 0 Å². The van der Waals surface area contributed by atoms with Crippen LogP contribution in [0.4, 0.5) is 0 Å². The summed E-state index contributed by atoms with van der Waals surface area (Å²) in [6, 6.07) is 0. The van der Waals surface area contributed by atoms with Crippen molar-refractivity contribution in [2.75, 3.05) is 13.1 Å². The predicted octanol–water partition coefficient (Wildman–Crippen LogP) is 0.865. The fourth-order valence-corrected chi connectivity index (χ4v) is 1.07. The Morgan fingerprint density at radius 3 is 1.89 bits per heavy atom. The van der Waals surface area contributed by atoms with Gasteiger partial charge in [0.05, 0.1) is 0 Å². The Balaban J connectivity index is 0. The zero-order chi connectivity index (χ0) is 14.9. The fraction of sp³-hybridized carbons (Fsp3) is 0.700. The molecular formula is C10H22NO6P. The molecule has 0 spiro atoms. The van der Waals surface area contributed by atoms with Crippen LogP contribution in [0, 0.1) is 0 Å². The molecule has 0 bridgehead atoms. The summed E-state index contributed by atoms with van der Waals surface area (Å²) in [5.74, 6) is -0.320. The maximum absolute atomic E-state index is 11.1. The Kier molecular flexibility index (Phi) is 10.1. The lowest BCUT2D eigenvalue weighted by molar-refractivity contribution is -0.152. The van der Waals surface area contributed by atoms with E-state index in [0.29, 0.717) is 5.57 Å². The van der Waals surface area contributed by atoms with E-state index in [2.05, 4.69) is 11.5 Å². The van der Waals surface area contributed by atoms with E-state index in [4.69, 9.17) is 24.0 Å². The molecule has 1 unspecified atom stereocenters. The molecule has 0 saturated carbocycles. The summed E-state index contributed by atoms with van der Waals surface area (Å²) in [5, 5.41) is 0. The van der Waals surface area contributed by atoms with E-state index in [-0.39, 0.29) is 12.2 Å². The van der Waals surface area contributed by atoms with Crippen LogP contribution in [0.1, 0.15) is 27.7 Å². The molecule has 0 radical (unpaired) electrons. The molecule has 0 rings (SSSR count). The molecular weight excluding hydrogens is 261 g/mol. The number of esters is 1. The van der Waals surface area contributed by atoms with E-state index in [1.54, 1.807) is 6.92 Å². The van der Waals surface area contributed by atoms with Gasteiger partial charge in [0.1, 0.15) is 0 Å². The lowest BCUT2D eigenvalue weighted by Crippen LogP contribution is -2.36. The van der Waals surface area contributed by atoms with Crippen LogP contribution in [-0.2, 0) is 14.1 Å². The summed E-state index contributed by atoms with van der Waals surface area (Å²) in [5.41, 5.74) is 0.444. The maximum Gasteiger partial charge on any atom is 0.466 e. The highest BCUT2D eigenvalue weighted by Crippen LogP contribution is 2.25. The zero-order valence-corrected chi connectivity index (χ0v) is 12.1. The first-order valence-corrected chi connectivity index (χ1v) is 6.98. The molecule has 0 heterocycles. The summed E-state index contributed by atoms with van der Waals surface area (Å²) in [4.78, 5) is 34.8. The van der Waals surface area contributed by atoms with Gasteiger partial charge in [0.2, 0.25) is 0 Å². The van der Waals surface area contributed by atoms with Gasteiger partial charge in [-0.25, -0.2) is 9.36 Å². The molecule has 1 atom stereocenters. The second kappa shape index (κ2) is 9.24. The quantitative estimate of drug-likeness (QED) is 0.297. The molecule has 0 aromatic rings. The van der Waals surface area contributed by atoms with Crippen molar-refractivity contribution in [3.05, 3.63) is 12.2 Å². The first kappa shape index (κ1) is 19.6. The van der Waals surface area contributed by atoms with Crippen LogP contribution in [-0.4, -0.2) is 44.9 Å². The standard InChI is InChI=1S/C10H19NO2.H3O4P/c1-6-11(7-2)9(5)13-10(12)8(3)4;1-5(2,3)4/h9H,3,6-7H2,1-2,4-5H3;(H3,1,2,3,4). The number of carbonyl (C=O) groups is 1. The number of carbonyl (C=O) groups excluding carboxylic acids is 1. The van der Waals surface area contributed by atoms with Crippen molar-refractivity contribution in [2.45, 2.75) is 33.9 Å². The topological polar surface area (TPSA) is 107 Å². The minimum Gasteiger partial charge on any atom is -0.443 e. The van der Waals surface area contributed by atoms with Crippen molar-refractivity contribution in [3.8, 4) is 0 Å². The van der Waals surface area contributed by atoms with E-state index in [1.807, 2.05) is 20.8 Å². The maximum atomic E-state index is 11.1. The third-order valence-electron chi connectivity index (χ3n) is 1.95. The third-order valence-corrected chi connectivity index (χ3v) is 1.95. The summed E-state index contributed by atoms with van der Waals surface area (Å²) >= 11 is 0. The monoisotopic (exact) mass is 283 g/mol. The van der Waals surface area contributed by atoms with Crippen LogP contribution in [0.25, 0.3) is 0 Å². The predicted molar refractivity (Wildman–Crippen MR) is 67.6 cm³/mol. The first-order chi connectivity index (χ1) is 8.02. The van der Waals surface area contributed by atoms with Gasteiger partial charge in [-0.2, -0.15) is 0 Å². The van der Waals surface area contributed by atoms with Gasteiger partial charge < -0.3 is 19.4 Å². The van der Waals surface area contributed by atoms with E-state index < -0.39 is 7.82 Å². The van der Waals surface area contributed by atoms with Gasteiger partial charge in [-0.1, -0.05) is 20.4 Å². The highest BCUT2D eigenvalue weighted by atomic mass is 31.2. The number of rotatable bonds is 5. The third kappa shape index (κ3) is 13.3. The van der Waals surface area contributed by atoms with Crippen LogP contribution in [0.5, 0.6) is 0 Å². The Morgan fingerprint density at radius 1 is 1.33 bits per heavy atom. The smallest absolute Gasteiger partial charge is 0.443 e. The molecule has 0 aromatic heterocycles. The van der Waals surface area contributed by atoms with Crippen LogP contribution >= 0.6 is 7.82 Å². The fourth-order valence-electron chi connectivity index (χ4n) is 1.07. The van der Waals surface area contributed by atoms with E-state index in [0.717, 1.165) is 13.1 Å². The van der Waals surface area contributed by atoms with Crippen molar-refractivity contribution < 1.29 is 28.8 Å². The lowest BCUT2D eigenvalue weighted by atomic mass is 10.3. The second-order valence-electron chi connectivity index (χ2n) is 3.52. The van der Waals surface area contributed by atoms with Gasteiger partial charge in [-0.3, -0.25) is 4.90 Å². The van der Waals surface area contributed by atoms with Crippen LogP contribution in [0.15, 0.2) is 12.2 Å². The molecule has 0 aliphatic heterocycles. The summed E-state index contributed by atoms with van der Waals surface area (Å²) in [6.07, 6.45) is -0.167. The molecule has 0 aliphatic rings. The van der Waals surface area contributed by atoms with Crippen molar-refractivity contribution in [3.63, 3.8) is 0 Å². The number of hydrogen-bond donors (Lipinski definition) is 3. The molecule has 0 aliphatic carbocycles. The Hall–Kier alpha value is -0.720. The minimum atomic E-state index is -4.64.